The Morgan fingerprint density at radius 3 is 2.18 bits per heavy atom. The molecule has 0 radical (unpaired) electrons. The van der Waals surface area contributed by atoms with Crippen LogP contribution in [0.2, 0.25) is 0 Å². The summed E-state index contributed by atoms with van der Waals surface area (Å²) in [5.41, 5.74) is 3.80. The van der Waals surface area contributed by atoms with Crippen LogP contribution in [0.4, 0.5) is 8.78 Å². The smallest absolute Gasteiger partial charge is 0.159 e. The summed E-state index contributed by atoms with van der Waals surface area (Å²) in [4.78, 5) is 0. The fourth-order valence-corrected chi connectivity index (χ4v) is 4.97. The normalized spacial score (nSPS) is 18.2. The average Bonchev–Trinajstić information content (AvgIpc) is 2.84. The highest BCUT2D eigenvalue weighted by Crippen LogP contribution is 2.35. The lowest BCUT2D eigenvalue weighted by Gasteiger charge is -2.26. The van der Waals surface area contributed by atoms with Crippen LogP contribution >= 0.6 is 0 Å². The van der Waals surface area contributed by atoms with Crippen molar-refractivity contribution < 1.29 is 8.78 Å². The van der Waals surface area contributed by atoms with Gasteiger partial charge in [-0.1, -0.05) is 74.8 Å². The predicted octanol–water partition coefficient (Wildman–Crippen LogP) is 8.96. The van der Waals surface area contributed by atoms with Crippen molar-refractivity contribution in [1.29, 1.82) is 0 Å². The van der Waals surface area contributed by atoms with E-state index in [-0.39, 0.29) is 0 Å². The van der Waals surface area contributed by atoms with Gasteiger partial charge in [0.1, 0.15) is 0 Å². The van der Waals surface area contributed by atoms with Gasteiger partial charge in [-0.15, -0.1) is 0 Å². The highest BCUT2D eigenvalue weighted by atomic mass is 19.2. The second kappa shape index (κ2) is 11.5. The molecule has 0 N–H and O–H groups in total. The maximum Gasteiger partial charge on any atom is 0.159 e. The lowest BCUT2D eigenvalue weighted by molar-refractivity contribution is 0.384. The number of hydrogen-bond acceptors (Lipinski definition) is 0. The lowest BCUT2D eigenvalue weighted by Crippen LogP contribution is -2.12. The quantitative estimate of drug-likeness (QED) is 0.252. The minimum absolute atomic E-state index is 0.407. The molecule has 3 aromatic carbocycles. The molecule has 1 fully saturated rings. The minimum atomic E-state index is -0.814. The number of benzene rings is 3. The Morgan fingerprint density at radius 2 is 1.45 bits per heavy atom. The Morgan fingerprint density at radius 1 is 0.758 bits per heavy atom. The molecular formula is C31H34F2. The monoisotopic (exact) mass is 444 g/mol. The first-order chi connectivity index (χ1) is 16.1. The first-order valence-corrected chi connectivity index (χ1v) is 12.6. The van der Waals surface area contributed by atoms with E-state index in [0.717, 1.165) is 18.4 Å². The van der Waals surface area contributed by atoms with E-state index in [9.17, 15) is 8.78 Å². The first kappa shape index (κ1) is 23.5. The Kier molecular flexibility index (Phi) is 8.16. The highest BCUT2D eigenvalue weighted by Gasteiger charge is 2.21. The summed E-state index contributed by atoms with van der Waals surface area (Å²) in [5.74, 6) is 6.12. The van der Waals surface area contributed by atoms with Gasteiger partial charge in [-0.05, 0) is 90.6 Å². The summed E-state index contributed by atoms with van der Waals surface area (Å²) in [6.07, 6.45) is 12.4. The first-order valence-electron chi connectivity index (χ1n) is 12.6. The molecule has 2 heteroatoms. The summed E-state index contributed by atoms with van der Waals surface area (Å²) in [6.45, 7) is 2.26. The van der Waals surface area contributed by atoms with Gasteiger partial charge in [-0.2, -0.15) is 0 Å². The van der Waals surface area contributed by atoms with E-state index in [0.29, 0.717) is 22.6 Å². The number of hydrogen-bond donors (Lipinski definition) is 0. The molecule has 1 aliphatic rings. The van der Waals surface area contributed by atoms with Crippen LogP contribution in [0.25, 0.3) is 10.8 Å². The second-order valence-electron chi connectivity index (χ2n) is 9.55. The molecule has 0 spiro atoms. The van der Waals surface area contributed by atoms with Crippen molar-refractivity contribution in [3.8, 4) is 11.8 Å². The van der Waals surface area contributed by atoms with Crippen molar-refractivity contribution in [3.63, 3.8) is 0 Å². The number of halogens is 2. The summed E-state index contributed by atoms with van der Waals surface area (Å²) in [7, 11) is 0. The van der Waals surface area contributed by atoms with Crippen molar-refractivity contribution >= 4 is 10.8 Å². The second-order valence-corrected chi connectivity index (χ2v) is 9.55. The summed E-state index contributed by atoms with van der Waals surface area (Å²) in [5, 5.41) is 1.39. The predicted molar refractivity (Wildman–Crippen MR) is 134 cm³/mol. The fraction of sp³-hybridized carbons (Fsp3) is 0.419. The van der Waals surface area contributed by atoms with Crippen molar-refractivity contribution in [2.75, 3.05) is 0 Å². The van der Waals surface area contributed by atoms with Crippen LogP contribution in [0.15, 0.2) is 54.6 Å². The van der Waals surface area contributed by atoms with E-state index in [1.165, 1.54) is 74.6 Å². The molecule has 3 aromatic rings. The molecule has 0 atom stereocenters. The van der Waals surface area contributed by atoms with Crippen LogP contribution in [0.5, 0.6) is 0 Å². The van der Waals surface area contributed by atoms with Crippen LogP contribution < -0.4 is 0 Å². The fourth-order valence-electron chi connectivity index (χ4n) is 4.97. The van der Waals surface area contributed by atoms with Gasteiger partial charge in [-0.25, -0.2) is 8.78 Å². The zero-order valence-corrected chi connectivity index (χ0v) is 19.7. The van der Waals surface area contributed by atoms with Gasteiger partial charge in [-0.3, -0.25) is 0 Å². The van der Waals surface area contributed by atoms with Crippen LogP contribution in [0, 0.1) is 29.4 Å². The number of unbranched alkanes of at least 4 members (excludes halogenated alkanes) is 4. The molecule has 0 nitrogen and oxygen atoms in total. The Balaban J connectivity index is 1.28. The minimum Gasteiger partial charge on any atom is -0.204 e. The van der Waals surface area contributed by atoms with E-state index in [4.69, 9.17) is 0 Å². The highest BCUT2D eigenvalue weighted by molar-refractivity contribution is 5.84. The molecule has 1 aliphatic carbocycles. The van der Waals surface area contributed by atoms with Crippen molar-refractivity contribution in [2.24, 2.45) is 5.92 Å². The lowest BCUT2D eigenvalue weighted by atomic mass is 9.78. The maximum absolute atomic E-state index is 13.5. The Hall–Kier alpha value is -2.66. The maximum atomic E-state index is 13.5. The van der Waals surface area contributed by atoms with Gasteiger partial charge < -0.3 is 0 Å². The van der Waals surface area contributed by atoms with E-state index in [1.807, 2.05) is 18.2 Å². The van der Waals surface area contributed by atoms with Gasteiger partial charge in [0.2, 0.25) is 0 Å². The standard InChI is InChI=1S/C31H34F2/c1-2-3-4-5-6-7-23-10-15-26(16-11-23)27-17-12-24(13-18-27)8-9-25-14-19-28-21-30(32)31(33)22-29(28)20-25/h10-11,14-16,19-22,24,27H,2-7,12-13,17-18H2,1H3. The molecule has 0 bridgehead atoms. The van der Waals surface area contributed by atoms with Gasteiger partial charge in [0, 0.05) is 11.5 Å². The van der Waals surface area contributed by atoms with Crippen molar-refractivity contribution in [3.05, 3.63) is 82.9 Å². The van der Waals surface area contributed by atoms with Crippen LogP contribution in [-0.4, -0.2) is 0 Å². The van der Waals surface area contributed by atoms with Crippen LogP contribution in [0.1, 0.15) is 87.3 Å². The molecular weight excluding hydrogens is 410 g/mol. The Labute approximate surface area is 197 Å². The van der Waals surface area contributed by atoms with E-state index in [2.05, 4.69) is 43.0 Å². The average molecular weight is 445 g/mol. The molecule has 0 aromatic heterocycles. The van der Waals surface area contributed by atoms with E-state index < -0.39 is 11.6 Å². The molecule has 33 heavy (non-hydrogen) atoms. The van der Waals surface area contributed by atoms with Crippen molar-refractivity contribution in [1.82, 2.24) is 0 Å². The Bertz CT molecular complexity index is 1110. The third kappa shape index (κ3) is 6.44. The number of fused-ring (bicyclic) bond motifs is 1. The topological polar surface area (TPSA) is 0 Å². The molecule has 0 aliphatic heterocycles. The number of aryl methyl sites for hydroxylation is 1. The zero-order chi connectivity index (χ0) is 23.0. The van der Waals surface area contributed by atoms with Gasteiger partial charge >= 0.3 is 0 Å². The molecule has 1 saturated carbocycles. The molecule has 0 unspecified atom stereocenters. The largest absolute Gasteiger partial charge is 0.204 e. The molecule has 0 heterocycles. The van der Waals surface area contributed by atoms with Gasteiger partial charge in [0.25, 0.3) is 0 Å². The van der Waals surface area contributed by atoms with Gasteiger partial charge in [0.05, 0.1) is 0 Å². The third-order valence-corrected chi connectivity index (χ3v) is 7.05. The van der Waals surface area contributed by atoms with E-state index in [1.54, 1.807) is 0 Å². The summed E-state index contributed by atoms with van der Waals surface area (Å²) < 4.78 is 26.9. The van der Waals surface area contributed by atoms with Crippen LogP contribution in [0.3, 0.4) is 0 Å². The molecule has 0 amide bonds. The molecule has 4 rings (SSSR count). The zero-order valence-electron chi connectivity index (χ0n) is 19.7. The summed E-state index contributed by atoms with van der Waals surface area (Å²) in [6, 6.07) is 17.4. The SMILES string of the molecule is CCCCCCCc1ccc(C2CCC(C#Cc3ccc4cc(F)c(F)cc4c3)CC2)cc1. The van der Waals surface area contributed by atoms with Gasteiger partial charge in [0.15, 0.2) is 11.6 Å². The van der Waals surface area contributed by atoms with E-state index >= 15 is 0 Å². The third-order valence-electron chi connectivity index (χ3n) is 7.05. The molecule has 0 saturated heterocycles. The molecule has 172 valence electrons. The van der Waals surface area contributed by atoms with Crippen molar-refractivity contribution in [2.45, 2.75) is 77.0 Å². The summed E-state index contributed by atoms with van der Waals surface area (Å²) >= 11 is 0. The van der Waals surface area contributed by atoms with Crippen LogP contribution in [-0.2, 0) is 6.42 Å². The number of rotatable bonds is 7.